The van der Waals surface area contributed by atoms with E-state index in [0.29, 0.717) is 38.7 Å². The fourth-order valence-electron chi connectivity index (χ4n) is 2.00. The van der Waals surface area contributed by atoms with E-state index >= 15 is 0 Å². The number of carbonyl (C=O) groups excluding carboxylic acids is 1. The van der Waals surface area contributed by atoms with Crippen molar-refractivity contribution in [2.75, 3.05) is 39.9 Å². The molecular formula is C13H23N3O2. The van der Waals surface area contributed by atoms with Crippen molar-refractivity contribution in [3.05, 3.63) is 0 Å². The average Bonchev–Trinajstić information content (AvgIpc) is 3.18. The van der Waals surface area contributed by atoms with Crippen LogP contribution in [0.1, 0.15) is 26.2 Å². The molecule has 1 aliphatic carbocycles. The molecule has 5 heteroatoms. The molecule has 0 bridgehead atoms. The van der Waals surface area contributed by atoms with Gasteiger partial charge < -0.3 is 9.64 Å². The molecule has 0 heterocycles. The lowest BCUT2D eigenvalue weighted by atomic mass is 10.3. The number of likely N-dealkylation sites (N-methyl/N-ethyl adjacent to an activating group) is 1. The van der Waals surface area contributed by atoms with Crippen LogP contribution in [0.5, 0.6) is 0 Å². The van der Waals surface area contributed by atoms with Crippen LogP contribution in [-0.2, 0) is 9.53 Å². The summed E-state index contributed by atoms with van der Waals surface area (Å²) in [6.07, 6.45) is 2.72. The second kappa shape index (κ2) is 8.06. The van der Waals surface area contributed by atoms with E-state index in [1.165, 1.54) is 0 Å². The van der Waals surface area contributed by atoms with E-state index in [0.717, 1.165) is 19.4 Å². The maximum atomic E-state index is 12.2. The van der Waals surface area contributed by atoms with Crippen LogP contribution in [0.15, 0.2) is 0 Å². The first-order chi connectivity index (χ1) is 8.72. The van der Waals surface area contributed by atoms with Crippen molar-refractivity contribution in [2.45, 2.75) is 32.2 Å². The Morgan fingerprint density at radius 2 is 2.17 bits per heavy atom. The molecule has 18 heavy (non-hydrogen) atoms. The molecule has 0 atom stereocenters. The minimum Gasteiger partial charge on any atom is -0.383 e. The smallest absolute Gasteiger partial charge is 0.236 e. The fourth-order valence-corrected chi connectivity index (χ4v) is 2.00. The van der Waals surface area contributed by atoms with Gasteiger partial charge in [-0.3, -0.25) is 9.69 Å². The lowest BCUT2D eigenvalue weighted by molar-refractivity contribution is -0.132. The van der Waals surface area contributed by atoms with E-state index < -0.39 is 0 Å². The molecule has 1 saturated carbocycles. The van der Waals surface area contributed by atoms with Crippen LogP contribution in [0.2, 0.25) is 0 Å². The van der Waals surface area contributed by atoms with Crippen LogP contribution in [-0.4, -0.2) is 61.6 Å². The first kappa shape index (κ1) is 14.9. The normalized spacial score (nSPS) is 14.6. The van der Waals surface area contributed by atoms with Gasteiger partial charge in [-0.2, -0.15) is 5.26 Å². The lowest BCUT2D eigenvalue weighted by Crippen LogP contribution is -2.42. The molecule has 0 saturated heterocycles. The maximum absolute atomic E-state index is 12.2. The first-order valence-corrected chi connectivity index (χ1v) is 6.60. The predicted molar refractivity (Wildman–Crippen MR) is 69.0 cm³/mol. The summed E-state index contributed by atoms with van der Waals surface area (Å²) in [5.74, 6) is 0.175. The number of methoxy groups -OCH3 is 1. The van der Waals surface area contributed by atoms with E-state index in [9.17, 15) is 4.79 Å². The van der Waals surface area contributed by atoms with Gasteiger partial charge in [0, 0.05) is 39.2 Å². The highest BCUT2D eigenvalue weighted by Gasteiger charge is 2.31. The van der Waals surface area contributed by atoms with E-state index in [-0.39, 0.29) is 5.91 Å². The summed E-state index contributed by atoms with van der Waals surface area (Å²) in [5.41, 5.74) is 0. The summed E-state index contributed by atoms with van der Waals surface area (Å²) in [6, 6.07) is 2.58. The van der Waals surface area contributed by atoms with Gasteiger partial charge in [0.1, 0.15) is 0 Å². The van der Waals surface area contributed by atoms with Gasteiger partial charge >= 0.3 is 0 Å². The third-order valence-corrected chi connectivity index (χ3v) is 3.16. The monoisotopic (exact) mass is 253 g/mol. The number of nitrogens with zero attached hydrogens (tertiary/aromatic N) is 3. The van der Waals surface area contributed by atoms with Crippen molar-refractivity contribution < 1.29 is 9.53 Å². The molecule has 1 rings (SSSR count). The van der Waals surface area contributed by atoms with Gasteiger partial charge in [0.25, 0.3) is 0 Å². The average molecular weight is 253 g/mol. The minimum absolute atomic E-state index is 0.175. The van der Waals surface area contributed by atoms with Gasteiger partial charge in [0.2, 0.25) is 5.91 Å². The number of carbonyl (C=O) groups is 1. The molecule has 0 unspecified atom stereocenters. The second-order valence-corrected chi connectivity index (χ2v) is 4.59. The topological polar surface area (TPSA) is 56.6 Å². The van der Waals surface area contributed by atoms with Crippen molar-refractivity contribution in [3.8, 4) is 6.07 Å². The Kier molecular flexibility index (Phi) is 6.69. The van der Waals surface area contributed by atoms with Crippen LogP contribution in [0.4, 0.5) is 0 Å². The highest BCUT2D eigenvalue weighted by Crippen LogP contribution is 2.26. The summed E-state index contributed by atoms with van der Waals surface area (Å²) in [5, 5.41) is 8.63. The molecule has 0 aromatic heterocycles. The molecular weight excluding hydrogens is 230 g/mol. The standard InChI is InChI=1S/C13H23N3O2/c1-3-16(12-5-6-12)13(17)11-15(8-4-7-14)9-10-18-2/h12H,3-6,8-11H2,1-2H3. The van der Waals surface area contributed by atoms with E-state index in [4.69, 9.17) is 10.00 Å². The molecule has 0 radical (unpaired) electrons. The Hall–Kier alpha value is -1.12. The van der Waals surface area contributed by atoms with Crippen molar-refractivity contribution in [1.29, 1.82) is 5.26 Å². The summed E-state index contributed by atoms with van der Waals surface area (Å²) in [4.78, 5) is 16.1. The number of ether oxygens (including phenoxy) is 1. The minimum atomic E-state index is 0.175. The number of rotatable bonds is 9. The molecule has 1 amide bonds. The van der Waals surface area contributed by atoms with Gasteiger partial charge in [-0.15, -0.1) is 0 Å². The van der Waals surface area contributed by atoms with E-state index in [1.54, 1.807) is 7.11 Å². The van der Waals surface area contributed by atoms with Gasteiger partial charge in [-0.25, -0.2) is 0 Å². The molecule has 1 aliphatic rings. The summed E-state index contributed by atoms with van der Waals surface area (Å²) in [6.45, 7) is 5.12. The fraction of sp³-hybridized carbons (Fsp3) is 0.846. The van der Waals surface area contributed by atoms with Crippen molar-refractivity contribution in [2.24, 2.45) is 0 Å². The lowest BCUT2D eigenvalue weighted by Gasteiger charge is -2.26. The van der Waals surface area contributed by atoms with Gasteiger partial charge in [0.15, 0.2) is 0 Å². The highest BCUT2D eigenvalue weighted by molar-refractivity contribution is 5.78. The number of nitriles is 1. The quantitative estimate of drug-likeness (QED) is 0.611. The van der Waals surface area contributed by atoms with Crippen LogP contribution >= 0.6 is 0 Å². The summed E-state index contributed by atoms with van der Waals surface area (Å²) < 4.78 is 5.03. The van der Waals surface area contributed by atoms with Crippen molar-refractivity contribution >= 4 is 5.91 Å². The van der Waals surface area contributed by atoms with Crippen LogP contribution < -0.4 is 0 Å². The molecule has 1 fully saturated rings. The second-order valence-electron chi connectivity index (χ2n) is 4.59. The zero-order chi connectivity index (χ0) is 13.4. The molecule has 0 aromatic carbocycles. The third-order valence-electron chi connectivity index (χ3n) is 3.16. The van der Waals surface area contributed by atoms with Crippen molar-refractivity contribution in [3.63, 3.8) is 0 Å². The predicted octanol–water partition coefficient (Wildman–Crippen LogP) is 0.859. The highest BCUT2D eigenvalue weighted by atomic mass is 16.5. The number of amides is 1. The van der Waals surface area contributed by atoms with Crippen LogP contribution in [0, 0.1) is 11.3 Å². The molecule has 102 valence electrons. The number of hydrogen-bond acceptors (Lipinski definition) is 4. The van der Waals surface area contributed by atoms with Crippen LogP contribution in [0.25, 0.3) is 0 Å². The van der Waals surface area contributed by atoms with Crippen LogP contribution in [0.3, 0.4) is 0 Å². The Morgan fingerprint density at radius 1 is 1.44 bits per heavy atom. The Bertz CT molecular complexity index is 297. The molecule has 0 N–H and O–H groups in total. The van der Waals surface area contributed by atoms with E-state index in [1.807, 2.05) is 16.7 Å². The SMILES string of the molecule is CCN(C(=O)CN(CCC#N)CCOC)C1CC1. The zero-order valence-electron chi connectivity index (χ0n) is 11.4. The van der Waals surface area contributed by atoms with Gasteiger partial charge in [0.05, 0.1) is 19.2 Å². The van der Waals surface area contributed by atoms with Gasteiger partial charge in [-0.05, 0) is 19.8 Å². The largest absolute Gasteiger partial charge is 0.383 e. The summed E-state index contributed by atoms with van der Waals surface area (Å²) in [7, 11) is 1.65. The molecule has 0 aromatic rings. The Balaban J connectivity index is 2.41. The van der Waals surface area contributed by atoms with E-state index in [2.05, 4.69) is 6.07 Å². The maximum Gasteiger partial charge on any atom is 0.236 e. The number of hydrogen-bond donors (Lipinski definition) is 0. The molecule has 0 aliphatic heterocycles. The van der Waals surface area contributed by atoms with Crippen molar-refractivity contribution in [1.82, 2.24) is 9.80 Å². The molecule has 5 nitrogen and oxygen atoms in total. The zero-order valence-corrected chi connectivity index (χ0v) is 11.4. The Labute approximate surface area is 109 Å². The molecule has 0 spiro atoms. The first-order valence-electron chi connectivity index (χ1n) is 6.60. The summed E-state index contributed by atoms with van der Waals surface area (Å²) >= 11 is 0. The van der Waals surface area contributed by atoms with Gasteiger partial charge in [-0.1, -0.05) is 0 Å². The Morgan fingerprint density at radius 3 is 2.67 bits per heavy atom. The third kappa shape index (κ3) is 5.03.